The molecule has 0 aliphatic heterocycles. The lowest BCUT2D eigenvalue weighted by molar-refractivity contribution is -0.114. The van der Waals surface area contributed by atoms with Crippen LogP contribution in [-0.2, 0) is 9.59 Å². The maximum Gasteiger partial charge on any atom is 0.291 e. The van der Waals surface area contributed by atoms with Gasteiger partial charge in [-0.3, -0.25) is 14.4 Å². The summed E-state index contributed by atoms with van der Waals surface area (Å²) in [5.74, 6) is -0.653. The van der Waals surface area contributed by atoms with E-state index < -0.39 is 5.91 Å². The highest BCUT2D eigenvalue weighted by atomic mass is 35.5. The number of nitrogens with one attached hydrogen (secondary N) is 3. The molecule has 3 rings (SSSR count). The van der Waals surface area contributed by atoms with Crippen molar-refractivity contribution >= 4 is 58.1 Å². The Hall–Kier alpha value is -3.23. The predicted octanol–water partition coefficient (Wildman–Crippen LogP) is 4.80. The Balaban J connectivity index is 1.51. The number of rotatable bonds is 8. The van der Waals surface area contributed by atoms with Gasteiger partial charge in [0.2, 0.25) is 11.8 Å². The second-order valence-electron chi connectivity index (χ2n) is 6.58. The molecule has 0 radical (unpaired) electrons. The molecule has 0 saturated heterocycles. The fourth-order valence-corrected chi connectivity index (χ4v) is 3.37. The zero-order valence-electron chi connectivity index (χ0n) is 16.6. The van der Waals surface area contributed by atoms with Gasteiger partial charge < -0.3 is 20.4 Å². The van der Waals surface area contributed by atoms with E-state index >= 15 is 0 Å². The summed E-state index contributed by atoms with van der Waals surface area (Å²) in [5, 5.41) is 8.56. The summed E-state index contributed by atoms with van der Waals surface area (Å²) >= 11 is 7.20. The highest BCUT2D eigenvalue weighted by molar-refractivity contribution is 8.00. The molecular weight excluding hydrogens is 438 g/mol. The zero-order chi connectivity index (χ0) is 22.2. The van der Waals surface area contributed by atoms with E-state index in [0.29, 0.717) is 22.1 Å². The molecule has 9 heteroatoms. The first kappa shape index (κ1) is 22.5. The number of benzene rings is 2. The minimum atomic E-state index is -0.468. The Morgan fingerprint density at radius 2 is 1.61 bits per heavy atom. The van der Waals surface area contributed by atoms with Crippen molar-refractivity contribution in [3.63, 3.8) is 0 Å². The number of halogens is 1. The van der Waals surface area contributed by atoms with Gasteiger partial charge in [-0.05, 0) is 49.4 Å². The Morgan fingerprint density at radius 1 is 0.903 bits per heavy atom. The number of aryl methyl sites for hydroxylation is 1. The molecule has 7 nitrogen and oxygen atoms in total. The van der Waals surface area contributed by atoms with E-state index in [0.717, 1.165) is 5.56 Å². The van der Waals surface area contributed by atoms with E-state index in [2.05, 4.69) is 16.0 Å². The van der Waals surface area contributed by atoms with Gasteiger partial charge in [-0.25, -0.2) is 0 Å². The van der Waals surface area contributed by atoms with Crippen LogP contribution in [0, 0.1) is 6.92 Å². The number of hydrogen-bond acceptors (Lipinski definition) is 5. The van der Waals surface area contributed by atoms with Crippen LogP contribution < -0.4 is 16.0 Å². The van der Waals surface area contributed by atoms with Crippen molar-refractivity contribution < 1.29 is 18.8 Å². The minimum Gasteiger partial charge on any atom is -0.459 e. The molecule has 1 heterocycles. The van der Waals surface area contributed by atoms with Crippen LogP contribution in [0.4, 0.5) is 17.1 Å². The quantitative estimate of drug-likeness (QED) is 0.451. The lowest BCUT2D eigenvalue weighted by atomic mass is 10.2. The second kappa shape index (κ2) is 10.7. The van der Waals surface area contributed by atoms with E-state index in [9.17, 15) is 14.4 Å². The summed E-state index contributed by atoms with van der Waals surface area (Å²) in [5.41, 5.74) is 2.54. The van der Waals surface area contributed by atoms with Crippen molar-refractivity contribution in [1.29, 1.82) is 0 Å². The first-order valence-electron chi connectivity index (χ1n) is 9.29. The summed E-state index contributed by atoms with van der Waals surface area (Å²) in [7, 11) is 0. The van der Waals surface area contributed by atoms with Gasteiger partial charge in [0.05, 0.1) is 29.1 Å². The first-order valence-corrected chi connectivity index (χ1v) is 10.8. The Labute approximate surface area is 188 Å². The van der Waals surface area contributed by atoms with Crippen LogP contribution in [0.1, 0.15) is 16.1 Å². The summed E-state index contributed by atoms with van der Waals surface area (Å²) in [4.78, 5) is 36.6. The first-order chi connectivity index (χ1) is 14.9. The standard InChI is InChI=1S/C22H20ClN3O4S/c1-14-4-7-16(8-5-14)24-20(27)12-31-13-21(28)25-17-9-6-15(23)11-18(17)26-22(29)19-3-2-10-30-19/h2-11H,12-13H2,1H3,(H,24,27)(H,25,28)(H,26,29). The molecule has 0 spiro atoms. The van der Waals surface area contributed by atoms with Crippen LogP contribution in [0.2, 0.25) is 5.02 Å². The molecule has 0 bridgehead atoms. The summed E-state index contributed by atoms with van der Waals surface area (Å²) in [6.45, 7) is 1.97. The molecule has 160 valence electrons. The molecule has 0 aliphatic carbocycles. The van der Waals surface area contributed by atoms with Crippen molar-refractivity contribution in [2.24, 2.45) is 0 Å². The van der Waals surface area contributed by atoms with Gasteiger partial charge in [0, 0.05) is 10.7 Å². The number of amides is 3. The Kier molecular flexibility index (Phi) is 7.75. The van der Waals surface area contributed by atoms with Gasteiger partial charge in [0.25, 0.3) is 5.91 Å². The van der Waals surface area contributed by atoms with Crippen molar-refractivity contribution in [3.05, 3.63) is 77.2 Å². The topological polar surface area (TPSA) is 100 Å². The minimum absolute atomic E-state index is 0.0650. The van der Waals surface area contributed by atoms with E-state index in [1.807, 2.05) is 31.2 Å². The Bertz CT molecular complexity index is 1070. The van der Waals surface area contributed by atoms with E-state index in [1.165, 1.54) is 30.2 Å². The van der Waals surface area contributed by atoms with Crippen molar-refractivity contribution in [3.8, 4) is 0 Å². The van der Waals surface area contributed by atoms with Gasteiger partial charge in [0.15, 0.2) is 5.76 Å². The van der Waals surface area contributed by atoms with Crippen LogP contribution in [0.15, 0.2) is 65.3 Å². The monoisotopic (exact) mass is 457 g/mol. The normalized spacial score (nSPS) is 10.4. The molecule has 1 aromatic heterocycles. The molecule has 0 aliphatic rings. The second-order valence-corrected chi connectivity index (χ2v) is 8.00. The summed E-state index contributed by atoms with van der Waals surface area (Å²) in [6, 6.07) is 15.3. The number of carbonyl (C=O) groups is 3. The number of carbonyl (C=O) groups excluding carboxylic acids is 3. The van der Waals surface area contributed by atoms with Gasteiger partial charge in [-0.2, -0.15) is 0 Å². The molecule has 0 atom stereocenters. The maximum absolute atomic E-state index is 12.3. The van der Waals surface area contributed by atoms with Crippen LogP contribution in [0.3, 0.4) is 0 Å². The molecule has 2 aromatic carbocycles. The number of anilines is 3. The maximum atomic E-state index is 12.3. The molecule has 3 aromatic rings. The molecule has 0 saturated carbocycles. The van der Waals surface area contributed by atoms with Crippen LogP contribution in [-0.4, -0.2) is 29.2 Å². The average Bonchev–Trinajstić information content (AvgIpc) is 3.27. The van der Waals surface area contributed by atoms with Crippen molar-refractivity contribution in [2.45, 2.75) is 6.92 Å². The molecule has 0 fully saturated rings. The largest absolute Gasteiger partial charge is 0.459 e. The number of thioether (sulfide) groups is 1. The SMILES string of the molecule is Cc1ccc(NC(=O)CSCC(=O)Nc2ccc(Cl)cc2NC(=O)c2ccco2)cc1. The predicted molar refractivity (Wildman–Crippen MR) is 124 cm³/mol. The highest BCUT2D eigenvalue weighted by Gasteiger charge is 2.14. The van der Waals surface area contributed by atoms with E-state index in [1.54, 1.807) is 18.2 Å². The van der Waals surface area contributed by atoms with Crippen molar-refractivity contribution in [2.75, 3.05) is 27.5 Å². The third-order valence-electron chi connectivity index (χ3n) is 4.05. The van der Waals surface area contributed by atoms with Gasteiger partial charge in [-0.15, -0.1) is 11.8 Å². The fraction of sp³-hybridized carbons (Fsp3) is 0.136. The van der Waals surface area contributed by atoms with Crippen LogP contribution in [0.5, 0.6) is 0 Å². The zero-order valence-corrected chi connectivity index (χ0v) is 18.2. The lowest BCUT2D eigenvalue weighted by Gasteiger charge is -2.12. The highest BCUT2D eigenvalue weighted by Crippen LogP contribution is 2.26. The third-order valence-corrected chi connectivity index (χ3v) is 5.22. The van der Waals surface area contributed by atoms with Gasteiger partial charge in [-0.1, -0.05) is 29.3 Å². The van der Waals surface area contributed by atoms with Gasteiger partial charge in [0.1, 0.15) is 0 Å². The molecule has 3 amide bonds. The average molecular weight is 458 g/mol. The lowest BCUT2D eigenvalue weighted by Crippen LogP contribution is -2.20. The summed E-state index contributed by atoms with van der Waals surface area (Å²) < 4.78 is 5.07. The van der Waals surface area contributed by atoms with Crippen LogP contribution in [0.25, 0.3) is 0 Å². The molecule has 3 N–H and O–H groups in total. The molecule has 31 heavy (non-hydrogen) atoms. The number of furan rings is 1. The molecule has 0 unspecified atom stereocenters. The van der Waals surface area contributed by atoms with Crippen LogP contribution >= 0.6 is 23.4 Å². The fourth-order valence-electron chi connectivity index (χ4n) is 2.58. The van der Waals surface area contributed by atoms with E-state index in [-0.39, 0.29) is 29.1 Å². The smallest absolute Gasteiger partial charge is 0.291 e. The third kappa shape index (κ3) is 6.91. The van der Waals surface area contributed by atoms with Crippen molar-refractivity contribution in [1.82, 2.24) is 0 Å². The summed E-state index contributed by atoms with van der Waals surface area (Å²) in [6.07, 6.45) is 1.39. The Morgan fingerprint density at radius 3 is 2.29 bits per heavy atom. The van der Waals surface area contributed by atoms with Gasteiger partial charge >= 0.3 is 0 Å². The van der Waals surface area contributed by atoms with E-state index in [4.69, 9.17) is 16.0 Å². The molecular formula is C22H20ClN3O4S. The number of hydrogen-bond donors (Lipinski definition) is 3.